The predicted octanol–water partition coefficient (Wildman–Crippen LogP) is 3.03. The summed E-state index contributed by atoms with van der Waals surface area (Å²) in [6.07, 6.45) is -4.31. The zero-order chi connectivity index (χ0) is 16.9. The minimum absolute atomic E-state index is 0.0274. The summed E-state index contributed by atoms with van der Waals surface area (Å²) in [7, 11) is 0. The number of alkyl halides is 3. The first kappa shape index (κ1) is 16.3. The van der Waals surface area contributed by atoms with Gasteiger partial charge in [-0.3, -0.25) is 20.4 Å². The number of benzene rings is 2. The maximum atomic E-state index is 12.8. The van der Waals surface area contributed by atoms with Crippen LogP contribution in [0, 0.1) is 0 Å². The van der Waals surface area contributed by atoms with Crippen molar-refractivity contribution in [1.29, 1.82) is 0 Å². The van der Waals surface area contributed by atoms with Crippen molar-refractivity contribution in [3.05, 3.63) is 59.7 Å². The summed E-state index contributed by atoms with van der Waals surface area (Å²) in [5, 5.41) is 2.20. The van der Waals surface area contributed by atoms with Crippen molar-refractivity contribution in [3.8, 4) is 0 Å². The highest BCUT2D eigenvalue weighted by atomic mass is 19.4. The van der Waals surface area contributed by atoms with Gasteiger partial charge in [-0.2, -0.15) is 13.2 Å². The van der Waals surface area contributed by atoms with E-state index in [1.807, 2.05) is 0 Å². The van der Waals surface area contributed by atoms with E-state index in [0.717, 1.165) is 12.1 Å². The van der Waals surface area contributed by atoms with Crippen LogP contribution in [0.5, 0.6) is 0 Å². The summed E-state index contributed by atoms with van der Waals surface area (Å²) in [5.74, 6) is -0.815. The fourth-order valence-electron chi connectivity index (χ4n) is 1.82. The zero-order valence-corrected chi connectivity index (χ0v) is 11.6. The van der Waals surface area contributed by atoms with Crippen molar-refractivity contribution >= 4 is 23.7 Å². The molecule has 3 N–H and O–H groups in total. The van der Waals surface area contributed by atoms with Gasteiger partial charge in [0.25, 0.3) is 5.91 Å². The van der Waals surface area contributed by atoms with E-state index in [4.69, 9.17) is 0 Å². The fourth-order valence-corrected chi connectivity index (χ4v) is 1.82. The topological polar surface area (TPSA) is 70.2 Å². The molecule has 23 heavy (non-hydrogen) atoms. The fraction of sp³-hybridized carbons (Fsp3) is 0.0667. The van der Waals surface area contributed by atoms with E-state index in [1.165, 1.54) is 0 Å². The molecule has 0 radical (unpaired) electrons. The molecule has 0 saturated heterocycles. The van der Waals surface area contributed by atoms with Crippen molar-refractivity contribution < 1.29 is 22.8 Å². The van der Waals surface area contributed by atoms with Crippen LogP contribution in [0.2, 0.25) is 0 Å². The minimum atomic E-state index is -4.60. The van der Waals surface area contributed by atoms with Gasteiger partial charge in [-0.15, -0.1) is 0 Å². The molecular formula is C15H12F3N3O2. The number of amides is 2. The van der Waals surface area contributed by atoms with Crippen LogP contribution >= 0.6 is 0 Å². The summed E-state index contributed by atoms with van der Waals surface area (Å²) in [6, 6.07) is 11.0. The van der Waals surface area contributed by atoms with Crippen molar-refractivity contribution in [2.75, 3.05) is 10.7 Å². The van der Waals surface area contributed by atoms with Crippen molar-refractivity contribution in [2.24, 2.45) is 0 Å². The third-order valence-electron chi connectivity index (χ3n) is 2.90. The van der Waals surface area contributed by atoms with Gasteiger partial charge in [0, 0.05) is 0 Å². The number of carbonyl (C=O) groups is 2. The largest absolute Gasteiger partial charge is 0.416 e. The Morgan fingerprint density at radius 2 is 1.74 bits per heavy atom. The Morgan fingerprint density at radius 1 is 1.04 bits per heavy atom. The number of anilines is 2. The third kappa shape index (κ3) is 4.22. The number of para-hydroxylation sites is 1. The Kier molecular flexibility index (Phi) is 4.85. The lowest BCUT2D eigenvalue weighted by Crippen LogP contribution is -2.30. The van der Waals surface area contributed by atoms with E-state index < -0.39 is 17.6 Å². The van der Waals surface area contributed by atoms with Gasteiger partial charge >= 0.3 is 6.18 Å². The number of hydrogen-bond acceptors (Lipinski definition) is 3. The SMILES string of the molecule is O=CNc1ccc(C(F)(F)F)cc1C(=O)NNc1ccccc1. The number of nitrogens with one attached hydrogen (secondary N) is 3. The Hall–Kier alpha value is -3.03. The standard InChI is InChI=1S/C15H12F3N3O2/c16-15(17,18)10-6-7-13(19-9-22)12(8-10)14(23)21-20-11-4-2-1-3-5-11/h1-9,20H,(H,19,22)(H,21,23). The van der Waals surface area contributed by atoms with Crippen LogP contribution in [0.25, 0.3) is 0 Å². The predicted molar refractivity (Wildman–Crippen MR) is 78.7 cm³/mol. The molecule has 0 aromatic heterocycles. The molecule has 2 amide bonds. The Labute approximate surface area is 129 Å². The monoisotopic (exact) mass is 323 g/mol. The van der Waals surface area contributed by atoms with Gasteiger partial charge in [0.15, 0.2) is 0 Å². The molecular weight excluding hydrogens is 311 g/mol. The molecule has 2 rings (SSSR count). The number of hydrogen-bond donors (Lipinski definition) is 3. The van der Waals surface area contributed by atoms with E-state index in [-0.39, 0.29) is 17.7 Å². The molecule has 0 spiro atoms. The molecule has 5 nitrogen and oxygen atoms in total. The molecule has 0 fully saturated rings. The van der Waals surface area contributed by atoms with Crippen LogP contribution in [-0.4, -0.2) is 12.3 Å². The van der Waals surface area contributed by atoms with Gasteiger partial charge in [0.1, 0.15) is 0 Å². The van der Waals surface area contributed by atoms with Gasteiger partial charge in [0.2, 0.25) is 6.41 Å². The van der Waals surface area contributed by atoms with E-state index >= 15 is 0 Å². The number of halogens is 3. The Morgan fingerprint density at radius 3 is 2.35 bits per heavy atom. The average Bonchev–Trinajstić information content (AvgIpc) is 2.53. The molecule has 0 saturated carbocycles. The lowest BCUT2D eigenvalue weighted by Gasteiger charge is -2.14. The van der Waals surface area contributed by atoms with Gasteiger partial charge in [-0.05, 0) is 30.3 Å². The highest BCUT2D eigenvalue weighted by Crippen LogP contribution is 2.31. The molecule has 0 aliphatic heterocycles. The highest BCUT2D eigenvalue weighted by Gasteiger charge is 2.31. The summed E-state index contributed by atoms with van der Waals surface area (Å²) in [6.45, 7) is 0. The molecule has 0 bridgehead atoms. The molecule has 8 heteroatoms. The van der Waals surface area contributed by atoms with Crippen LogP contribution < -0.4 is 16.2 Å². The maximum absolute atomic E-state index is 12.8. The van der Waals surface area contributed by atoms with Crippen molar-refractivity contribution in [2.45, 2.75) is 6.18 Å². The Bertz CT molecular complexity index is 703. The zero-order valence-electron chi connectivity index (χ0n) is 11.6. The molecule has 120 valence electrons. The highest BCUT2D eigenvalue weighted by molar-refractivity contribution is 6.02. The number of carbonyl (C=O) groups excluding carboxylic acids is 2. The lowest BCUT2D eigenvalue weighted by molar-refractivity contribution is -0.137. The van der Waals surface area contributed by atoms with E-state index in [9.17, 15) is 22.8 Å². The molecule has 0 heterocycles. The second-order valence-corrected chi connectivity index (χ2v) is 4.47. The molecule has 0 aliphatic rings. The van der Waals surface area contributed by atoms with Crippen LogP contribution in [0.4, 0.5) is 24.5 Å². The van der Waals surface area contributed by atoms with E-state index in [0.29, 0.717) is 11.8 Å². The van der Waals surface area contributed by atoms with Crippen LogP contribution in [0.3, 0.4) is 0 Å². The van der Waals surface area contributed by atoms with Gasteiger partial charge in [0.05, 0.1) is 22.5 Å². The van der Waals surface area contributed by atoms with Crippen LogP contribution in [0.1, 0.15) is 15.9 Å². The maximum Gasteiger partial charge on any atom is 0.416 e. The second-order valence-electron chi connectivity index (χ2n) is 4.47. The normalized spacial score (nSPS) is 10.7. The van der Waals surface area contributed by atoms with E-state index in [1.54, 1.807) is 30.3 Å². The molecule has 0 aliphatic carbocycles. The smallest absolute Gasteiger partial charge is 0.328 e. The first-order valence-corrected chi connectivity index (χ1v) is 6.44. The van der Waals surface area contributed by atoms with Crippen LogP contribution in [-0.2, 0) is 11.0 Å². The van der Waals surface area contributed by atoms with Gasteiger partial charge in [-0.1, -0.05) is 18.2 Å². The van der Waals surface area contributed by atoms with Crippen molar-refractivity contribution in [3.63, 3.8) is 0 Å². The molecule has 2 aromatic rings. The minimum Gasteiger partial charge on any atom is -0.328 e. The first-order chi connectivity index (χ1) is 10.9. The summed E-state index contributed by atoms with van der Waals surface area (Å²) in [5.41, 5.74) is 4.08. The summed E-state index contributed by atoms with van der Waals surface area (Å²) < 4.78 is 38.3. The first-order valence-electron chi connectivity index (χ1n) is 6.44. The molecule has 0 unspecified atom stereocenters. The quantitative estimate of drug-likeness (QED) is 0.585. The molecule has 2 aromatic carbocycles. The van der Waals surface area contributed by atoms with Gasteiger partial charge in [-0.25, -0.2) is 0 Å². The number of rotatable bonds is 5. The van der Waals surface area contributed by atoms with Crippen molar-refractivity contribution in [1.82, 2.24) is 5.43 Å². The lowest BCUT2D eigenvalue weighted by atomic mass is 10.1. The summed E-state index contributed by atoms with van der Waals surface area (Å²) in [4.78, 5) is 22.6. The Balaban J connectivity index is 2.24. The molecule has 0 atom stereocenters. The van der Waals surface area contributed by atoms with Crippen LogP contribution in [0.15, 0.2) is 48.5 Å². The number of hydrazine groups is 1. The third-order valence-corrected chi connectivity index (χ3v) is 2.90. The average molecular weight is 323 g/mol. The second kappa shape index (κ2) is 6.82. The summed E-state index contributed by atoms with van der Waals surface area (Å²) >= 11 is 0. The van der Waals surface area contributed by atoms with Gasteiger partial charge < -0.3 is 5.32 Å². The van der Waals surface area contributed by atoms with E-state index in [2.05, 4.69) is 16.2 Å².